The molecule has 0 radical (unpaired) electrons. The van der Waals surface area contributed by atoms with E-state index in [2.05, 4.69) is 31.2 Å². The molecule has 0 fully saturated rings. The maximum atomic E-state index is 4.28. The minimum Gasteiger partial charge on any atom is -0.365 e. The van der Waals surface area contributed by atoms with Gasteiger partial charge in [0.1, 0.15) is 5.82 Å². The standard InChI is InChI=1S/C12H12BrN3/c1-9-4-6-15-12(11(9)13)16-8-10-3-2-5-14-7-10/h2-7H,8H2,1H3,(H,15,16). The zero-order valence-electron chi connectivity index (χ0n) is 8.94. The van der Waals surface area contributed by atoms with Crippen LogP contribution in [0.1, 0.15) is 11.1 Å². The molecule has 0 aliphatic rings. The zero-order chi connectivity index (χ0) is 11.4. The van der Waals surface area contributed by atoms with E-state index in [0.29, 0.717) is 0 Å². The highest BCUT2D eigenvalue weighted by Gasteiger charge is 2.02. The van der Waals surface area contributed by atoms with Gasteiger partial charge in [-0.25, -0.2) is 4.98 Å². The maximum absolute atomic E-state index is 4.28. The minimum atomic E-state index is 0.725. The van der Waals surface area contributed by atoms with Crippen molar-refractivity contribution in [3.05, 3.63) is 52.4 Å². The average molecular weight is 278 g/mol. The second-order valence-electron chi connectivity index (χ2n) is 3.51. The predicted molar refractivity (Wildman–Crippen MR) is 68.2 cm³/mol. The second kappa shape index (κ2) is 5.07. The molecule has 1 N–H and O–H groups in total. The van der Waals surface area contributed by atoms with Crippen LogP contribution in [0.4, 0.5) is 5.82 Å². The fourth-order valence-corrected chi connectivity index (χ4v) is 1.73. The molecular formula is C12H12BrN3. The van der Waals surface area contributed by atoms with Crippen molar-refractivity contribution >= 4 is 21.7 Å². The molecule has 0 saturated heterocycles. The summed E-state index contributed by atoms with van der Waals surface area (Å²) >= 11 is 3.51. The van der Waals surface area contributed by atoms with Crippen molar-refractivity contribution in [1.29, 1.82) is 0 Å². The average Bonchev–Trinajstić information content (AvgIpc) is 2.32. The van der Waals surface area contributed by atoms with Crippen molar-refractivity contribution < 1.29 is 0 Å². The monoisotopic (exact) mass is 277 g/mol. The van der Waals surface area contributed by atoms with Gasteiger partial charge in [-0.2, -0.15) is 0 Å². The molecule has 0 aliphatic carbocycles. The first-order chi connectivity index (χ1) is 7.77. The van der Waals surface area contributed by atoms with Crippen LogP contribution >= 0.6 is 15.9 Å². The lowest BCUT2D eigenvalue weighted by Gasteiger charge is -2.08. The Morgan fingerprint density at radius 3 is 2.94 bits per heavy atom. The Kier molecular flexibility index (Phi) is 3.51. The number of hydrogen-bond acceptors (Lipinski definition) is 3. The van der Waals surface area contributed by atoms with Gasteiger partial charge >= 0.3 is 0 Å². The normalized spacial score (nSPS) is 10.1. The molecule has 0 spiro atoms. The van der Waals surface area contributed by atoms with Crippen LogP contribution < -0.4 is 5.32 Å². The molecule has 0 atom stereocenters. The lowest BCUT2D eigenvalue weighted by Crippen LogP contribution is -2.02. The van der Waals surface area contributed by atoms with E-state index in [1.54, 1.807) is 12.4 Å². The molecule has 2 aromatic heterocycles. The SMILES string of the molecule is Cc1ccnc(NCc2cccnc2)c1Br. The number of hydrogen-bond donors (Lipinski definition) is 1. The molecule has 0 bridgehead atoms. The van der Waals surface area contributed by atoms with Crippen LogP contribution in [0, 0.1) is 6.92 Å². The second-order valence-corrected chi connectivity index (χ2v) is 4.30. The third-order valence-electron chi connectivity index (χ3n) is 2.27. The van der Waals surface area contributed by atoms with Crippen molar-refractivity contribution in [3.8, 4) is 0 Å². The molecule has 16 heavy (non-hydrogen) atoms. The van der Waals surface area contributed by atoms with E-state index in [1.807, 2.05) is 31.3 Å². The molecule has 0 amide bonds. The number of nitrogens with one attached hydrogen (secondary N) is 1. The summed E-state index contributed by atoms with van der Waals surface area (Å²) < 4.78 is 1.01. The topological polar surface area (TPSA) is 37.8 Å². The highest BCUT2D eigenvalue weighted by Crippen LogP contribution is 2.23. The lowest BCUT2D eigenvalue weighted by atomic mass is 10.2. The van der Waals surface area contributed by atoms with Crippen molar-refractivity contribution in [2.24, 2.45) is 0 Å². The van der Waals surface area contributed by atoms with E-state index in [0.717, 1.165) is 22.4 Å². The quantitative estimate of drug-likeness (QED) is 0.937. The van der Waals surface area contributed by atoms with E-state index in [4.69, 9.17) is 0 Å². The Hall–Kier alpha value is -1.42. The van der Waals surface area contributed by atoms with Gasteiger partial charge in [0.15, 0.2) is 0 Å². The van der Waals surface area contributed by atoms with Crippen LogP contribution in [0.25, 0.3) is 0 Å². The Bertz CT molecular complexity index is 471. The van der Waals surface area contributed by atoms with Crippen LogP contribution in [0.3, 0.4) is 0 Å². The molecule has 2 aromatic rings. The molecule has 82 valence electrons. The van der Waals surface area contributed by atoms with Gasteiger partial charge in [-0.1, -0.05) is 6.07 Å². The number of anilines is 1. The van der Waals surface area contributed by atoms with Crippen LogP contribution in [0.2, 0.25) is 0 Å². The molecule has 0 unspecified atom stereocenters. The summed E-state index contributed by atoms with van der Waals surface area (Å²) in [5, 5.41) is 3.27. The van der Waals surface area contributed by atoms with Gasteiger partial charge in [0.05, 0.1) is 4.47 Å². The van der Waals surface area contributed by atoms with Crippen molar-refractivity contribution in [3.63, 3.8) is 0 Å². The zero-order valence-corrected chi connectivity index (χ0v) is 10.5. The number of rotatable bonds is 3. The number of nitrogens with zero attached hydrogens (tertiary/aromatic N) is 2. The maximum Gasteiger partial charge on any atom is 0.140 e. The molecule has 2 heterocycles. The largest absolute Gasteiger partial charge is 0.365 e. The first kappa shape index (κ1) is 11.1. The fraction of sp³-hybridized carbons (Fsp3) is 0.167. The Morgan fingerprint density at radius 1 is 1.31 bits per heavy atom. The van der Waals surface area contributed by atoms with Gasteiger partial charge in [0.2, 0.25) is 0 Å². The van der Waals surface area contributed by atoms with Gasteiger partial charge in [0.25, 0.3) is 0 Å². The summed E-state index contributed by atoms with van der Waals surface area (Å²) in [5.41, 5.74) is 2.31. The smallest absolute Gasteiger partial charge is 0.140 e. The van der Waals surface area contributed by atoms with Crippen molar-refractivity contribution in [2.45, 2.75) is 13.5 Å². The first-order valence-electron chi connectivity index (χ1n) is 5.01. The molecule has 3 nitrogen and oxygen atoms in total. The summed E-state index contributed by atoms with van der Waals surface area (Å²) in [7, 11) is 0. The summed E-state index contributed by atoms with van der Waals surface area (Å²) in [5.74, 6) is 0.865. The van der Waals surface area contributed by atoms with Gasteiger partial charge in [-0.15, -0.1) is 0 Å². The molecule has 4 heteroatoms. The number of pyridine rings is 2. The van der Waals surface area contributed by atoms with Gasteiger partial charge in [0, 0.05) is 25.1 Å². The molecule has 0 aromatic carbocycles. The third kappa shape index (κ3) is 2.58. The van der Waals surface area contributed by atoms with E-state index in [9.17, 15) is 0 Å². The predicted octanol–water partition coefficient (Wildman–Crippen LogP) is 3.16. The van der Waals surface area contributed by atoms with Crippen LogP contribution in [-0.2, 0) is 6.54 Å². The van der Waals surface area contributed by atoms with Crippen LogP contribution in [0.15, 0.2) is 41.3 Å². The highest BCUT2D eigenvalue weighted by molar-refractivity contribution is 9.10. The summed E-state index contributed by atoms with van der Waals surface area (Å²) in [6.07, 6.45) is 5.41. The summed E-state index contributed by atoms with van der Waals surface area (Å²) in [4.78, 5) is 8.34. The molecule has 0 saturated carbocycles. The van der Waals surface area contributed by atoms with Crippen LogP contribution in [0.5, 0.6) is 0 Å². The van der Waals surface area contributed by atoms with E-state index in [-0.39, 0.29) is 0 Å². The van der Waals surface area contributed by atoms with Crippen molar-refractivity contribution in [1.82, 2.24) is 9.97 Å². The molecule has 2 rings (SSSR count). The Morgan fingerprint density at radius 2 is 2.19 bits per heavy atom. The van der Waals surface area contributed by atoms with E-state index >= 15 is 0 Å². The van der Waals surface area contributed by atoms with E-state index < -0.39 is 0 Å². The number of aryl methyl sites for hydroxylation is 1. The van der Waals surface area contributed by atoms with Crippen LogP contribution in [-0.4, -0.2) is 9.97 Å². The summed E-state index contributed by atoms with van der Waals surface area (Å²) in [6.45, 7) is 2.77. The first-order valence-corrected chi connectivity index (χ1v) is 5.80. The fourth-order valence-electron chi connectivity index (χ4n) is 1.35. The number of halogens is 1. The minimum absolute atomic E-state index is 0.725. The van der Waals surface area contributed by atoms with Gasteiger partial charge in [-0.05, 0) is 46.1 Å². The lowest BCUT2D eigenvalue weighted by molar-refractivity contribution is 1.08. The highest BCUT2D eigenvalue weighted by atomic mass is 79.9. The number of aromatic nitrogens is 2. The van der Waals surface area contributed by atoms with Crippen molar-refractivity contribution in [2.75, 3.05) is 5.32 Å². The molecular weight excluding hydrogens is 266 g/mol. The molecule has 0 aliphatic heterocycles. The Labute approximate surface area is 103 Å². The van der Waals surface area contributed by atoms with Gasteiger partial charge in [-0.3, -0.25) is 4.98 Å². The third-order valence-corrected chi connectivity index (χ3v) is 3.27. The van der Waals surface area contributed by atoms with E-state index in [1.165, 1.54) is 5.56 Å². The summed E-state index contributed by atoms with van der Waals surface area (Å²) in [6, 6.07) is 5.93. The van der Waals surface area contributed by atoms with Gasteiger partial charge < -0.3 is 5.32 Å². The Balaban J connectivity index is 2.08.